The fraction of sp³-hybridized carbons (Fsp3) is 0.529. The van der Waals surface area contributed by atoms with Crippen LogP contribution in [0.4, 0.5) is 0 Å². The minimum atomic E-state index is 0.585. The van der Waals surface area contributed by atoms with Crippen molar-refractivity contribution in [2.24, 2.45) is 0 Å². The van der Waals surface area contributed by atoms with E-state index in [1.54, 1.807) is 0 Å². The first-order valence-electron chi connectivity index (χ1n) is 7.52. The van der Waals surface area contributed by atoms with Crippen LogP contribution in [0.15, 0.2) is 30.5 Å². The number of rotatable bonds is 7. The van der Waals surface area contributed by atoms with E-state index in [-0.39, 0.29) is 0 Å². The maximum absolute atomic E-state index is 3.49. The van der Waals surface area contributed by atoms with Gasteiger partial charge in [0.2, 0.25) is 0 Å². The lowest BCUT2D eigenvalue weighted by molar-refractivity contribution is 0.570. The van der Waals surface area contributed by atoms with E-state index in [1.165, 1.54) is 29.3 Å². The van der Waals surface area contributed by atoms with Crippen LogP contribution in [-0.2, 0) is 13.0 Å². The predicted octanol–water partition coefficient (Wildman–Crippen LogP) is 3.98. The maximum atomic E-state index is 3.49. The molecule has 1 heterocycles. The molecule has 1 aromatic carbocycles. The first kappa shape index (κ1) is 14.1. The summed E-state index contributed by atoms with van der Waals surface area (Å²) < 4.78 is 2.40. The summed E-state index contributed by atoms with van der Waals surface area (Å²) >= 11 is 0. The van der Waals surface area contributed by atoms with E-state index in [0.29, 0.717) is 6.04 Å². The van der Waals surface area contributed by atoms with E-state index < -0.39 is 0 Å². The van der Waals surface area contributed by atoms with Crippen LogP contribution < -0.4 is 5.32 Å². The monoisotopic (exact) mass is 258 g/mol. The molecule has 2 heteroatoms. The summed E-state index contributed by atoms with van der Waals surface area (Å²) in [6.45, 7) is 8.86. The maximum Gasteiger partial charge on any atom is 0.0483 e. The van der Waals surface area contributed by atoms with Crippen LogP contribution >= 0.6 is 0 Å². The lowest BCUT2D eigenvalue weighted by Crippen LogP contribution is -2.23. The summed E-state index contributed by atoms with van der Waals surface area (Å²) in [6.07, 6.45) is 5.91. The first-order chi connectivity index (χ1) is 9.22. The van der Waals surface area contributed by atoms with E-state index in [0.717, 1.165) is 19.5 Å². The van der Waals surface area contributed by atoms with Gasteiger partial charge in [-0.15, -0.1) is 0 Å². The van der Waals surface area contributed by atoms with Gasteiger partial charge in [0, 0.05) is 29.7 Å². The highest BCUT2D eigenvalue weighted by Crippen LogP contribution is 2.22. The van der Waals surface area contributed by atoms with Crippen molar-refractivity contribution in [2.75, 3.05) is 6.54 Å². The molecule has 0 aliphatic heterocycles. The smallest absolute Gasteiger partial charge is 0.0483 e. The van der Waals surface area contributed by atoms with Gasteiger partial charge in [-0.25, -0.2) is 0 Å². The van der Waals surface area contributed by atoms with Crippen LogP contribution in [0.1, 0.15) is 39.2 Å². The Morgan fingerprint density at radius 1 is 1.21 bits per heavy atom. The molecule has 0 amide bonds. The van der Waals surface area contributed by atoms with Crippen LogP contribution in [0.2, 0.25) is 0 Å². The lowest BCUT2D eigenvalue weighted by Gasteiger charge is -2.07. The second-order valence-corrected chi connectivity index (χ2v) is 5.58. The van der Waals surface area contributed by atoms with Gasteiger partial charge in [0.15, 0.2) is 0 Å². The molecule has 0 unspecified atom stereocenters. The SMILES string of the molecule is CCCn1cc(CCCNC(C)C)c2ccccc21. The number of benzene rings is 1. The Hall–Kier alpha value is -1.28. The van der Waals surface area contributed by atoms with Gasteiger partial charge in [-0.3, -0.25) is 0 Å². The van der Waals surface area contributed by atoms with Crippen molar-refractivity contribution in [3.8, 4) is 0 Å². The topological polar surface area (TPSA) is 17.0 Å². The van der Waals surface area contributed by atoms with Crippen molar-refractivity contribution in [3.05, 3.63) is 36.0 Å². The number of para-hydroxylation sites is 1. The number of fused-ring (bicyclic) bond motifs is 1. The zero-order valence-electron chi connectivity index (χ0n) is 12.4. The predicted molar refractivity (Wildman–Crippen MR) is 83.7 cm³/mol. The molecule has 0 saturated carbocycles. The van der Waals surface area contributed by atoms with E-state index in [9.17, 15) is 0 Å². The number of nitrogens with one attached hydrogen (secondary N) is 1. The third-order valence-electron chi connectivity index (χ3n) is 3.51. The normalized spacial score (nSPS) is 11.6. The summed E-state index contributed by atoms with van der Waals surface area (Å²) in [5.74, 6) is 0. The van der Waals surface area contributed by atoms with E-state index >= 15 is 0 Å². The first-order valence-corrected chi connectivity index (χ1v) is 7.52. The number of aryl methyl sites for hydroxylation is 2. The second kappa shape index (κ2) is 6.76. The fourth-order valence-corrected chi connectivity index (χ4v) is 2.62. The van der Waals surface area contributed by atoms with Gasteiger partial charge >= 0.3 is 0 Å². The summed E-state index contributed by atoms with van der Waals surface area (Å²) in [5.41, 5.74) is 2.88. The molecule has 0 atom stereocenters. The Bertz CT molecular complexity index is 511. The van der Waals surface area contributed by atoms with E-state index in [1.807, 2.05) is 0 Å². The van der Waals surface area contributed by atoms with Crippen molar-refractivity contribution >= 4 is 10.9 Å². The van der Waals surface area contributed by atoms with Crippen molar-refractivity contribution in [3.63, 3.8) is 0 Å². The summed E-state index contributed by atoms with van der Waals surface area (Å²) in [6, 6.07) is 9.36. The standard InChI is InChI=1S/C17H26N2/c1-4-12-19-13-15(8-7-11-18-14(2)3)16-9-5-6-10-17(16)19/h5-6,9-10,13-14,18H,4,7-8,11-12H2,1-3H3. The van der Waals surface area contributed by atoms with Crippen LogP contribution in [0, 0.1) is 0 Å². The molecule has 0 saturated heterocycles. The third-order valence-corrected chi connectivity index (χ3v) is 3.51. The molecule has 104 valence electrons. The van der Waals surface area contributed by atoms with Crippen molar-refractivity contribution in [1.29, 1.82) is 0 Å². The molecule has 2 rings (SSSR count). The quantitative estimate of drug-likeness (QED) is 0.743. The summed E-state index contributed by atoms with van der Waals surface area (Å²) in [5, 5.41) is 4.92. The molecule has 1 N–H and O–H groups in total. The largest absolute Gasteiger partial charge is 0.347 e. The minimum Gasteiger partial charge on any atom is -0.347 e. The van der Waals surface area contributed by atoms with Gasteiger partial charge < -0.3 is 9.88 Å². The van der Waals surface area contributed by atoms with Gasteiger partial charge in [0.25, 0.3) is 0 Å². The molecule has 19 heavy (non-hydrogen) atoms. The third kappa shape index (κ3) is 3.60. The lowest BCUT2D eigenvalue weighted by atomic mass is 10.1. The second-order valence-electron chi connectivity index (χ2n) is 5.58. The fourth-order valence-electron chi connectivity index (χ4n) is 2.62. The van der Waals surface area contributed by atoms with Crippen molar-refractivity contribution in [2.45, 2.75) is 52.6 Å². The molecule has 0 aliphatic rings. The van der Waals surface area contributed by atoms with Gasteiger partial charge in [-0.1, -0.05) is 39.0 Å². The average molecular weight is 258 g/mol. The zero-order valence-corrected chi connectivity index (χ0v) is 12.4. The van der Waals surface area contributed by atoms with Gasteiger partial charge in [-0.2, -0.15) is 0 Å². The van der Waals surface area contributed by atoms with Crippen LogP contribution in [-0.4, -0.2) is 17.2 Å². The van der Waals surface area contributed by atoms with Crippen LogP contribution in [0.3, 0.4) is 0 Å². The average Bonchev–Trinajstić information content (AvgIpc) is 2.74. The number of hydrogen-bond donors (Lipinski definition) is 1. The van der Waals surface area contributed by atoms with Gasteiger partial charge in [0.1, 0.15) is 0 Å². The Labute approximate surface area is 116 Å². The highest BCUT2D eigenvalue weighted by Gasteiger charge is 2.07. The Morgan fingerprint density at radius 3 is 2.74 bits per heavy atom. The minimum absolute atomic E-state index is 0.585. The molecule has 1 aromatic heterocycles. The number of nitrogens with zero attached hydrogens (tertiary/aromatic N) is 1. The highest BCUT2D eigenvalue weighted by molar-refractivity contribution is 5.83. The molecule has 0 bridgehead atoms. The Morgan fingerprint density at radius 2 is 2.00 bits per heavy atom. The molecule has 0 fully saturated rings. The zero-order chi connectivity index (χ0) is 13.7. The molecule has 0 radical (unpaired) electrons. The molecule has 0 spiro atoms. The van der Waals surface area contributed by atoms with Crippen molar-refractivity contribution < 1.29 is 0 Å². The van der Waals surface area contributed by atoms with Gasteiger partial charge in [0.05, 0.1) is 0 Å². The number of aromatic nitrogens is 1. The van der Waals surface area contributed by atoms with Crippen molar-refractivity contribution in [1.82, 2.24) is 9.88 Å². The molecule has 0 aliphatic carbocycles. The summed E-state index contributed by atoms with van der Waals surface area (Å²) in [7, 11) is 0. The molecule has 2 nitrogen and oxygen atoms in total. The van der Waals surface area contributed by atoms with Gasteiger partial charge in [-0.05, 0) is 37.4 Å². The van der Waals surface area contributed by atoms with E-state index in [2.05, 4.69) is 61.1 Å². The Balaban J connectivity index is 2.09. The van der Waals surface area contributed by atoms with Crippen LogP contribution in [0.5, 0.6) is 0 Å². The number of hydrogen-bond acceptors (Lipinski definition) is 1. The Kier molecular flexibility index (Phi) is 5.03. The molecular weight excluding hydrogens is 232 g/mol. The summed E-state index contributed by atoms with van der Waals surface area (Å²) in [4.78, 5) is 0. The highest BCUT2D eigenvalue weighted by atomic mass is 15.0. The molecule has 2 aromatic rings. The molecular formula is C17H26N2. The van der Waals surface area contributed by atoms with Crippen LogP contribution in [0.25, 0.3) is 10.9 Å². The van der Waals surface area contributed by atoms with E-state index in [4.69, 9.17) is 0 Å².